The Morgan fingerprint density at radius 1 is 1.29 bits per heavy atom. The predicted octanol–water partition coefficient (Wildman–Crippen LogP) is 2.26. The lowest BCUT2D eigenvalue weighted by atomic mass is 10.0. The maximum Gasteiger partial charge on any atom is 0.245 e. The number of amides is 1. The molecular formula is C16H20N4O. The average Bonchev–Trinajstić information content (AvgIpc) is 2.99. The number of benzene rings is 1. The Hall–Kier alpha value is -2.14. The monoisotopic (exact) mass is 284 g/mol. The van der Waals surface area contributed by atoms with Crippen LogP contribution in [0.25, 0.3) is 0 Å². The summed E-state index contributed by atoms with van der Waals surface area (Å²) in [5, 5.41) is 3.13. The van der Waals surface area contributed by atoms with Crippen LogP contribution in [0.3, 0.4) is 0 Å². The first-order valence-electron chi connectivity index (χ1n) is 7.35. The first-order chi connectivity index (χ1) is 10.3. The maximum atomic E-state index is 12.9. The highest BCUT2D eigenvalue weighted by molar-refractivity contribution is 5.97. The van der Waals surface area contributed by atoms with E-state index < -0.39 is 0 Å². The van der Waals surface area contributed by atoms with E-state index in [1.54, 1.807) is 12.5 Å². The van der Waals surface area contributed by atoms with Crippen LogP contribution in [0.2, 0.25) is 0 Å². The molecule has 0 bridgehead atoms. The highest BCUT2D eigenvalue weighted by atomic mass is 16.2. The van der Waals surface area contributed by atoms with Crippen LogP contribution in [-0.2, 0) is 4.79 Å². The van der Waals surface area contributed by atoms with Gasteiger partial charge in [-0.2, -0.15) is 0 Å². The summed E-state index contributed by atoms with van der Waals surface area (Å²) in [4.78, 5) is 21.9. The number of likely N-dealkylation sites (N-methyl/N-ethyl adjacent to an activating group) is 1. The molecule has 0 radical (unpaired) electrons. The molecule has 2 aromatic rings. The van der Waals surface area contributed by atoms with E-state index in [2.05, 4.69) is 27.4 Å². The molecule has 0 aliphatic carbocycles. The van der Waals surface area contributed by atoms with E-state index in [0.717, 1.165) is 30.6 Å². The van der Waals surface area contributed by atoms with Crippen molar-refractivity contribution in [2.45, 2.75) is 31.3 Å². The summed E-state index contributed by atoms with van der Waals surface area (Å²) in [6, 6.07) is 10.1. The van der Waals surface area contributed by atoms with Crippen molar-refractivity contribution in [1.82, 2.24) is 15.3 Å². The number of nitrogens with zero attached hydrogens (tertiary/aromatic N) is 2. The Labute approximate surface area is 124 Å². The quantitative estimate of drug-likeness (QED) is 0.909. The van der Waals surface area contributed by atoms with Crippen LogP contribution in [0.15, 0.2) is 42.9 Å². The van der Waals surface area contributed by atoms with Crippen molar-refractivity contribution in [2.24, 2.45) is 0 Å². The molecule has 2 heterocycles. The third kappa shape index (κ3) is 2.69. The van der Waals surface area contributed by atoms with Gasteiger partial charge in [-0.3, -0.25) is 9.69 Å². The van der Waals surface area contributed by atoms with Crippen molar-refractivity contribution >= 4 is 11.7 Å². The average molecular weight is 284 g/mol. The molecule has 2 N–H and O–H groups in total. The van der Waals surface area contributed by atoms with Crippen LogP contribution < -0.4 is 10.2 Å². The van der Waals surface area contributed by atoms with Gasteiger partial charge in [0.05, 0.1) is 24.6 Å². The Morgan fingerprint density at radius 2 is 2.10 bits per heavy atom. The van der Waals surface area contributed by atoms with Gasteiger partial charge >= 0.3 is 0 Å². The van der Waals surface area contributed by atoms with E-state index >= 15 is 0 Å². The molecule has 1 aliphatic heterocycles. The molecular weight excluding hydrogens is 264 g/mol. The second-order valence-electron chi connectivity index (χ2n) is 5.34. The molecule has 3 rings (SSSR count). The highest BCUT2D eigenvalue weighted by Crippen LogP contribution is 2.33. The van der Waals surface area contributed by atoms with Gasteiger partial charge in [-0.05, 0) is 31.9 Å². The molecule has 1 saturated heterocycles. The molecule has 1 fully saturated rings. The number of aromatic amines is 1. The number of carbonyl (C=O) groups is 1. The topological polar surface area (TPSA) is 61.0 Å². The van der Waals surface area contributed by atoms with Gasteiger partial charge < -0.3 is 10.3 Å². The molecule has 21 heavy (non-hydrogen) atoms. The van der Waals surface area contributed by atoms with Crippen molar-refractivity contribution in [3.63, 3.8) is 0 Å². The van der Waals surface area contributed by atoms with Gasteiger partial charge in [-0.15, -0.1) is 0 Å². The number of H-pyrrole nitrogens is 1. The number of hydrogen-bond acceptors (Lipinski definition) is 3. The molecule has 0 spiro atoms. The molecule has 2 unspecified atom stereocenters. The largest absolute Gasteiger partial charge is 0.331 e. The number of anilines is 1. The molecule has 5 nitrogen and oxygen atoms in total. The number of nitrogens with one attached hydrogen (secondary N) is 2. The smallest absolute Gasteiger partial charge is 0.245 e. The summed E-state index contributed by atoms with van der Waals surface area (Å²) < 4.78 is 0. The number of aromatic nitrogens is 2. The van der Waals surface area contributed by atoms with Crippen molar-refractivity contribution in [1.29, 1.82) is 0 Å². The van der Waals surface area contributed by atoms with E-state index in [1.165, 1.54) is 0 Å². The van der Waals surface area contributed by atoms with E-state index in [-0.39, 0.29) is 18.0 Å². The molecule has 1 aliphatic rings. The minimum atomic E-state index is -0.137. The maximum absolute atomic E-state index is 12.9. The lowest BCUT2D eigenvalue weighted by Gasteiger charge is -2.30. The van der Waals surface area contributed by atoms with Crippen LogP contribution >= 0.6 is 0 Å². The second kappa shape index (κ2) is 6.10. The van der Waals surface area contributed by atoms with E-state index in [0.29, 0.717) is 0 Å². The first kappa shape index (κ1) is 13.8. The molecule has 5 heteroatoms. The van der Waals surface area contributed by atoms with E-state index in [1.807, 2.05) is 30.1 Å². The van der Waals surface area contributed by atoms with E-state index in [9.17, 15) is 4.79 Å². The number of rotatable bonds is 3. The SMILES string of the molecule is CNC1CCCC(c2ccccc2)N(c2cnc[nH]2)C1=O. The fraction of sp³-hybridized carbons (Fsp3) is 0.375. The molecule has 110 valence electrons. The van der Waals surface area contributed by atoms with Gasteiger partial charge in [0.2, 0.25) is 5.91 Å². The van der Waals surface area contributed by atoms with Crippen LogP contribution in [-0.4, -0.2) is 29.0 Å². The van der Waals surface area contributed by atoms with Gasteiger partial charge in [-0.1, -0.05) is 30.3 Å². The second-order valence-corrected chi connectivity index (χ2v) is 5.34. The lowest BCUT2D eigenvalue weighted by Crippen LogP contribution is -2.45. The summed E-state index contributed by atoms with van der Waals surface area (Å²) in [6.07, 6.45) is 6.16. The molecule has 1 aromatic carbocycles. The third-order valence-electron chi connectivity index (χ3n) is 4.09. The van der Waals surface area contributed by atoms with Crippen molar-refractivity contribution in [2.75, 3.05) is 11.9 Å². The van der Waals surface area contributed by atoms with Gasteiger partial charge in [0.1, 0.15) is 5.82 Å². The molecule has 1 amide bonds. The van der Waals surface area contributed by atoms with Gasteiger partial charge in [0.15, 0.2) is 0 Å². The summed E-state index contributed by atoms with van der Waals surface area (Å²) in [7, 11) is 1.84. The summed E-state index contributed by atoms with van der Waals surface area (Å²) in [5.41, 5.74) is 1.16. The Balaban J connectivity index is 2.02. The van der Waals surface area contributed by atoms with Gasteiger partial charge in [0, 0.05) is 0 Å². The molecule has 2 atom stereocenters. The van der Waals surface area contributed by atoms with Gasteiger partial charge in [-0.25, -0.2) is 4.98 Å². The highest BCUT2D eigenvalue weighted by Gasteiger charge is 2.34. The first-order valence-corrected chi connectivity index (χ1v) is 7.35. The van der Waals surface area contributed by atoms with Crippen LogP contribution in [0.5, 0.6) is 0 Å². The van der Waals surface area contributed by atoms with Crippen molar-refractivity contribution < 1.29 is 4.79 Å². The zero-order valence-electron chi connectivity index (χ0n) is 12.1. The Bertz CT molecular complexity index is 582. The minimum absolute atomic E-state index is 0.0532. The van der Waals surface area contributed by atoms with Crippen LogP contribution in [0.4, 0.5) is 5.82 Å². The standard InChI is InChI=1S/C16H20N4O/c1-17-13-8-5-9-14(12-6-3-2-4-7-12)20(16(13)21)15-10-18-11-19-15/h2-4,6-7,10-11,13-14,17H,5,8-9H2,1H3,(H,18,19). The van der Waals surface area contributed by atoms with Crippen molar-refractivity contribution in [3.05, 3.63) is 48.4 Å². The van der Waals surface area contributed by atoms with E-state index in [4.69, 9.17) is 0 Å². The van der Waals surface area contributed by atoms with Crippen molar-refractivity contribution in [3.8, 4) is 0 Å². The van der Waals surface area contributed by atoms with Crippen LogP contribution in [0.1, 0.15) is 30.9 Å². The minimum Gasteiger partial charge on any atom is -0.331 e. The number of hydrogen-bond donors (Lipinski definition) is 2. The predicted molar refractivity (Wildman–Crippen MR) is 82.0 cm³/mol. The third-order valence-corrected chi connectivity index (χ3v) is 4.09. The molecule has 0 saturated carbocycles. The van der Waals surface area contributed by atoms with Gasteiger partial charge in [0.25, 0.3) is 0 Å². The zero-order chi connectivity index (χ0) is 14.7. The Kier molecular flexibility index (Phi) is 4.01. The summed E-state index contributed by atoms with van der Waals surface area (Å²) >= 11 is 0. The normalized spacial score (nSPS) is 23.1. The fourth-order valence-electron chi connectivity index (χ4n) is 3.02. The number of carbonyl (C=O) groups excluding carboxylic acids is 1. The summed E-state index contributed by atoms with van der Waals surface area (Å²) in [5.74, 6) is 0.865. The zero-order valence-corrected chi connectivity index (χ0v) is 12.1. The lowest BCUT2D eigenvalue weighted by molar-refractivity contribution is -0.120. The van der Waals surface area contributed by atoms with Crippen LogP contribution in [0, 0.1) is 0 Å². The fourth-order valence-corrected chi connectivity index (χ4v) is 3.02. The number of imidazole rings is 1. The Morgan fingerprint density at radius 3 is 2.76 bits per heavy atom. The summed E-state index contributed by atoms with van der Waals surface area (Å²) in [6.45, 7) is 0. The molecule has 1 aromatic heterocycles.